The average molecular weight is 420 g/mol. The molecule has 0 aromatic heterocycles. The minimum atomic E-state index is -0.378. The van der Waals surface area contributed by atoms with Crippen LogP contribution in [0.1, 0.15) is 23.2 Å². The number of rotatable bonds is 6. The van der Waals surface area contributed by atoms with Gasteiger partial charge in [-0.3, -0.25) is 4.79 Å². The number of piperidine rings is 1. The number of methoxy groups -OCH3 is 1. The summed E-state index contributed by atoms with van der Waals surface area (Å²) in [6.07, 6.45) is 2.15. The molecule has 1 aromatic carbocycles. The first-order valence-electron chi connectivity index (χ1n) is 7.54. The molecule has 1 amide bonds. The monoisotopic (exact) mass is 420 g/mol. The topological polar surface area (TPSA) is 41.6 Å². The number of nitrogens with one attached hydrogen (secondary N) is 1. The van der Waals surface area contributed by atoms with Crippen LogP contribution in [-0.4, -0.2) is 50.7 Å². The van der Waals surface area contributed by atoms with Gasteiger partial charge in [0.2, 0.25) is 0 Å². The predicted octanol–water partition coefficient (Wildman–Crippen LogP) is 2.52. The summed E-state index contributed by atoms with van der Waals surface area (Å²) in [5.41, 5.74) is 0.415. The molecule has 1 aliphatic heterocycles. The molecule has 1 N–H and O–H groups in total. The summed E-state index contributed by atoms with van der Waals surface area (Å²) in [4.78, 5) is 14.5. The Balaban J connectivity index is 1.77. The lowest BCUT2D eigenvalue weighted by atomic mass is 9.96. The number of hydrogen-bond donors (Lipinski definition) is 1. The summed E-state index contributed by atoms with van der Waals surface area (Å²) >= 11 is 2.06. The molecule has 2 rings (SSSR count). The molecule has 0 aliphatic carbocycles. The maximum Gasteiger partial charge on any atom is 0.252 e. The molecule has 0 spiro atoms. The molecule has 1 fully saturated rings. The first-order valence-corrected chi connectivity index (χ1v) is 8.62. The smallest absolute Gasteiger partial charge is 0.252 e. The van der Waals surface area contributed by atoms with Crippen LogP contribution in [0.5, 0.6) is 0 Å². The predicted molar refractivity (Wildman–Crippen MR) is 92.5 cm³/mol. The molecule has 0 saturated carbocycles. The zero-order valence-corrected chi connectivity index (χ0v) is 14.9. The molecule has 1 heterocycles. The number of halogens is 2. The molecule has 1 aliphatic rings. The lowest BCUT2D eigenvalue weighted by Crippen LogP contribution is -2.40. The van der Waals surface area contributed by atoms with Gasteiger partial charge in [-0.05, 0) is 72.6 Å². The van der Waals surface area contributed by atoms with Crippen LogP contribution in [0.15, 0.2) is 18.2 Å². The van der Waals surface area contributed by atoms with Crippen LogP contribution in [0.25, 0.3) is 0 Å². The van der Waals surface area contributed by atoms with Crippen molar-refractivity contribution in [2.75, 3.05) is 39.9 Å². The number of nitrogens with zero attached hydrogens (tertiary/aromatic N) is 1. The molecule has 122 valence electrons. The Morgan fingerprint density at radius 3 is 2.86 bits per heavy atom. The van der Waals surface area contributed by atoms with E-state index in [1.807, 2.05) is 0 Å². The fraction of sp³-hybridized carbons (Fsp3) is 0.562. The van der Waals surface area contributed by atoms with Gasteiger partial charge >= 0.3 is 0 Å². The van der Waals surface area contributed by atoms with Gasteiger partial charge in [-0.25, -0.2) is 4.39 Å². The van der Waals surface area contributed by atoms with Gasteiger partial charge in [0, 0.05) is 23.8 Å². The van der Waals surface area contributed by atoms with E-state index in [1.165, 1.54) is 12.1 Å². The van der Waals surface area contributed by atoms with Crippen LogP contribution in [0, 0.1) is 15.3 Å². The van der Waals surface area contributed by atoms with E-state index < -0.39 is 0 Å². The number of amides is 1. The highest BCUT2D eigenvalue weighted by Gasteiger charge is 2.20. The zero-order valence-electron chi connectivity index (χ0n) is 12.8. The summed E-state index contributed by atoms with van der Waals surface area (Å²) in [5.74, 6) is -0.0725. The molecule has 4 nitrogen and oxygen atoms in total. The highest BCUT2D eigenvalue weighted by molar-refractivity contribution is 14.1. The first kappa shape index (κ1) is 17.6. The van der Waals surface area contributed by atoms with Gasteiger partial charge in [-0.2, -0.15) is 0 Å². The number of hydrogen-bond acceptors (Lipinski definition) is 3. The fourth-order valence-electron chi connectivity index (χ4n) is 2.64. The molecule has 6 heteroatoms. The summed E-state index contributed by atoms with van der Waals surface area (Å²) in [6, 6.07) is 4.29. The van der Waals surface area contributed by atoms with Gasteiger partial charge in [-0.1, -0.05) is 0 Å². The van der Waals surface area contributed by atoms with E-state index in [1.54, 1.807) is 13.2 Å². The van der Waals surface area contributed by atoms with Gasteiger partial charge in [0.1, 0.15) is 5.82 Å². The van der Waals surface area contributed by atoms with Gasteiger partial charge in [0.25, 0.3) is 5.91 Å². The van der Waals surface area contributed by atoms with Crippen molar-refractivity contribution in [3.05, 3.63) is 33.1 Å². The Labute approximate surface area is 144 Å². The van der Waals surface area contributed by atoms with E-state index >= 15 is 0 Å². The average Bonchev–Trinajstić information content (AvgIpc) is 2.54. The summed E-state index contributed by atoms with van der Waals surface area (Å²) in [5, 5.41) is 2.94. The van der Waals surface area contributed by atoms with Crippen molar-refractivity contribution in [2.24, 2.45) is 5.92 Å². The van der Waals surface area contributed by atoms with Gasteiger partial charge in [0.15, 0.2) is 0 Å². The van der Waals surface area contributed by atoms with Gasteiger partial charge < -0.3 is 15.0 Å². The molecule has 1 aromatic rings. The number of carbonyl (C=O) groups excluding carboxylic acids is 1. The van der Waals surface area contributed by atoms with Crippen molar-refractivity contribution in [2.45, 2.75) is 12.8 Å². The Morgan fingerprint density at radius 2 is 2.18 bits per heavy atom. The third-order valence-electron chi connectivity index (χ3n) is 4.04. The molecule has 0 atom stereocenters. The number of ether oxygens (including phenoxy) is 1. The number of carbonyl (C=O) groups is 1. The standard InChI is InChI=1S/C16H22FIN2O2/c1-22-9-8-20-6-4-12(5-7-20)11-19-16(21)14-10-13(17)2-3-15(14)18/h2-3,10,12H,4-9,11H2,1H3,(H,19,21). The molecule has 1 saturated heterocycles. The van der Waals surface area contributed by atoms with Gasteiger partial charge in [-0.15, -0.1) is 0 Å². The fourth-order valence-corrected chi connectivity index (χ4v) is 3.22. The number of benzene rings is 1. The van der Waals surface area contributed by atoms with Gasteiger partial charge in [0.05, 0.1) is 12.2 Å². The molecule has 0 unspecified atom stereocenters. The van der Waals surface area contributed by atoms with Crippen LogP contribution < -0.4 is 5.32 Å². The van der Waals surface area contributed by atoms with Crippen molar-refractivity contribution in [1.29, 1.82) is 0 Å². The maximum absolute atomic E-state index is 13.2. The Morgan fingerprint density at radius 1 is 1.45 bits per heavy atom. The second-order valence-electron chi connectivity index (χ2n) is 5.61. The van der Waals surface area contributed by atoms with E-state index in [9.17, 15) is 9.18 Å². The molecular formula is C16H22FIN2O2. The van der Waals surface area contributed by atoms with Crippen molar-refractivity contribution < 1.29 is 13.9 Å². The lowest BCUT2D eigenvalue weighted by Gasteiger charge is -2.31. The normalized spacial score (nSPS) is 16.7. The Kier molecular flexibility index (Phi) is 7.04. The first-order chi connectivity index (χ1) is 10.6. The van der Waals surface area contributed by atoms with Crippen LogP contribution >= 0.6 is 22.6 Å². The van der Waals surface area contributed by atoms with E-state index in [0.717, 1.165) is 42.7 Å². The summed E-state index contributed by atoms with van der Waals surface area (Å²) < 4.78 is 19.1. The minimum absolute atomic E-state index is 0.189. The van der Waals surface area contributed by atoms with Crippen molar-refractivity contribution >= 4 is 28.5 Å². The molecular weight excluding hydrogens is 398 g/mol. The third kappa shape index (κ3) is 5.17. The van der Waals surface area contributed by atoms with E-state index in [-0.39, 0.29) is 11.7 Å². The van der Waals surface area contributed by atoms with E-state index in [0.29, 0.717) is 18.0 Å². The SMILES string of the molecule is COCCN1CCC(CNC(=O)c2cc(F)ccc2I)CC1. The lowest BCUT2D eigenvalue weighted by molar-refractivity contribution is 0.0924. The van der Waals surface area contributed by atoms with Crippen molar-refractivity contribution in [3.63, 3.8) is 0 Å². The summed E-state index contributed by atoms with van der Waals surface area (Å²) in [7, 11) is 1.72. The van der Waals surface area contributed by atoms with Crippen LogP contribution in [-0.2, 0) is 4.74 Å². The Bertz CT molecular complexity index is 505. The van der Waals surface area contributed by atoms with Crippen molar-refractivity contribution in [1.82, 2.24) is 10.2 Å². The Hall–Kier alpha value is -0.730. The van der Waals surface area contributed by atoms with Crippen LogP contribution in [0.4, 0.5) is 4.39 Å². The maximum atomic E-state index is 13.2. The zero-order chi connectivity index (χ0) is 15.9. The molecule has 0 radical (unpaired) electrons. The minimum Gasteiger partial charge on any atom is -0.383 e. The van der Waals surface area contributed by atoms with Crippen LogP contribution in [0.2, 0.25) is 0 Å². The molecule has 0 bridgehead atoms. The summed E-state index contributed by atoms with van der Waals surface area (Å²) in [6.45, 7) is 4.48. The van der Waals surface area contributed by atoms with E-state index in [2.05, 4.69) is 32.8 Å². The highest BCUT2D eigenvalue weighted by atomic mass is 127. The number of likely N-dealkylation sites (tertiary alicyclic amines) is 1. The van der Waals surface area contributed by atoms with E-state index in [4.69, 9.17) is 4.74 Å². The second kappa shape index (κ2) is 8.79. The molecule has 22 heavy (non-hydrogen) atoms. The third-order valence-corrected chi connectivity index (χ3v) is 4.98. The van der Waals surface area contributed by atoms with Crippen molar-refractivity contribution in [3.8, 4) is 0 Å². The highest BCUT2D eigenvalue weighted by Crippen LogP contribution is 2.17. The van der Waals surface area contributed by atoms with Crippen LogP contribution in [0.3, 0.4) is 0 Å². The second-order valence-corrected chi connectivity index (χ2v) is 6.77. The largest absolute Gasteiger partial charge is 0.383 e. The quantitative estimate of drug-likeness (QED) is 0.720.